The Balaban J connectivity index is 0.000000515. The molecule has 0 bridgehead atoms. The van der Waals surface area contributed by atoms with E-state index in [1.807, 2.05) is 22.8 Å². The summed E-state index contributed by atoms with van der Waals surface area (Å²) in [6.45, 7) is 3.63. The number of pyridine rings is 1. The van der Waals surface area contributed by atoms with Crippen LogP contribution in [0.3, 0.4) is 0 Å². The molecule has 0 amide bonds. The standard InChI is InChI=1S/C29H33N7O2.C2HF3O2/c1-3-4-16-35-25-26(32-28(35)34-15-9-10-19(30)17-34)33(2)29(38)36(27(25)37)18-24-22-13-6-5-11-20(22)21-12-7-8-14-23(21)31-24;3-2(4,5)1(6)7/h5-6,11,13,19H,7-10,12,14-18,30H2,1-2H3;(H,6,7). The Morgan fingerprint density at radius 1 is 1.09 bits per heavy atom. The lowest BCUT2D eigenvalue weighted by Crippen LogP contribution is -2.44. The normalized spacial score (nSPS) is 16.5. The minimum atomic E-state index is -5.08. The quantitative estimate of drug-likeness (QED) is 0.330. The Morgan fingerprint density at radius 2 is 1.78 bits per heavy atom. The lowest BCUT2D eigenvalue weighted by atomic mass is 9.91. The summed E-state index contributed by atoms with van der Waals surface area (Å²) in [7, 11) is 1.67. The lowest BCUT2D eigenvalue weighted by Gasteiger charge is -2.31. The van der Waals surface area contributed by atoms with E-state index >= 15 is 0 Å². The second-order valence-electron chi connectivity index (χ2n) is 11.2. The predicted octanol–water partition coefficient (Wildman–Crippen LogP) is 2.96. The number of hydrogen-bond donors (Lipinski definition) is 2. The summed E-state index contributed by atoms with van der Waals surface area (Å²) >= 11 is 0. The number of alkyl halides is 3. The van der Waals surface area contributed by atoms with Crippen molar-refractivity contribution in [3.8, 4) is 11.8 Å². The van der Waals surface area contributed by atoms with Gasteiger partial charge in [0.2, 0.25) is 5.95 Å². The molecule has 0 radical (unpaired) electrons. The molecule has 2 aliphatic rings. The third kappa shape index (κ3) is 6.30. The van der Waals surface area contributed by atoms with Gasteiger partial charge < -0.3 is 15.7 Å². The largest absolute Gasteiger partial charge is 0.490 e. The van der Waals surface area contributed by atoms with Gasteiger partial charge in [0, 0.05) is 37.3 Å². The van der Waals surface area contributed by atoms with Gasteiger partial charge in [0.25, 0.3) is 5.56 Å². The first-order chi connectivity index (χ1) is 21.4. The Morgan fingerprint density at radius 3 is 2.44 bits per heavy atom. The molecule has 3 N–H and O–H groups in total. The molecule has 1 fully saturated rings. The van der Waals surface area contributed by atoms with Crippen LogP contribution in [0, 0.1) is 11.8 Å². The topological polar surface area (TPSA) is 141 Å². The summed E-state index contributed by atoms with van der Waals surface area (Å²) in [5, 5.41) is 9.29. The van der Waals surface area contributed by atoms with Gasteiger partial charge >= 0.3 is 17.8 Å². The number of carboxylic acids is 1. The molecular weight excluding hydrogens is 591 g/mol. The number of carbonyl (C=O) groups is 1. The molecule has 1 atom stereocenters. The number of carboxylic acid groups (broad SMARTS) is 1. The first-order valence-corrected chi connectivity index (χ1v) is 14.7. The molecule has 45 heavy (non-hydrogen) atoms. The second kappa shape index (κ2) is 12.8. The summed E-state index contributed by atoms with van der Waals surface area (Å²) in [6, 6.07) is 8.24. The monoisotopic (exact) mass is 625 g/mol. The highest BCUT2D eigenvalue weighted by Gasteiger charge is 2.38. The van der Waals surface area contributed by atoms with Crippen LogP contribution in [0.25, 0.3) is 21.9 Å². The van der Waals surface area contributed by atoms with Crippen LogP contribution in [0.4, 0.5) is 19.1 Å². The lowest BCUT2D eigenvalue weighted by molar-refractivity contribution is -0.192. The number of rotatable bonds is 4. The van der Waals surface area contributed by atoms with E-state index < -0.39 is 17.8 Å². The summed E-state index contributed by atoms with van der Waals surface area (Å²) in [5.74, 6) is 3.90. The number of fused-ring (bicyclic) bond motifs is 4. The zero-order chi connectivity index (χ0) is 32.5. The van der Waals surface area contributed by atoms with E-state index in [-0.39, 0.29) is 18.1 Å². The number of aryl methyl sites for hydroxylation is 3. The average Bonchev–Trinajstić information content (AvgIpc) is 3.40. The number of halogens is 3. The molecule has 4 aromatic rings. The van der Waals surface area contributed by atoms with Gasteiger partial charge in [0.1, 0.15) is 0 Å². The van der Waals surface area contributed by atoms with Crippen molar-refractivity contribution in [1.29, 1.82) is 0 Å². The fourth-order valence-corrected chi connectivity index (χ4v) is 6.03. The van der Waals surface area contributed by atoms with Crippen molar-refractivity contribution in [2.24, 2.45) is 12.8 Å². The van der Waals surface area contributed by atoms with Crippen LogP contribution in [-0.4, -0.2) is 60.1 Å². The molecule has 1 saturated heterocycles. The number of hydrogen-bond acceptors (Lipinski definition) is 7. The maximum absolute atomic E-state index is 14.0. The van der Waals surface area contributed by atoms with Crippen molar-refractivity contribution < 1.29 is 23.1 Å². The van der Waals surface area contributed by atoms with Crippen LogP contribution in [0.2, 0.25) is 0 Å². The summed E-state index contributed by atoms with van der Waals surface area (Å²) in [4.78, 5) is 48.4. The van der Waals surface area contributed by atoms with Crippen molar-refractivity contribution in [2.75, 3.05) is 18.0 Å². The SMILES string of the molecule is CC#CCn1c(N2CCCC(N)C2)nc2c1c(=O)n(Cc1nc3c(c4ccccc14)CCCC3)c(=O)n2C.O=C(O)C(F)(F)F. The van der Waals surface area contributed by atoms with Crippen LogP contribution >= 0.6 is 0 Å². The van der Waals surface area contributed by atoms with E-state index in [9.17, 15) is 22.8 Å². The fraction of sp³-hybridized carbons (Fsp3) is 0.452. The predicted molar refractivity (Wildman–Crippen MR) is 163 cm³/mol. The molecule has 3 aromatic heterocycles. The maximum atomic E-state index is 14.0. The van der Waals surface area contributed by atoms with Crippen molar-refractivity contribution in [3.63, 3.8) is 0 Å². The van der Waals surface area contributed by atoms with E-state index in [0.29, 0.717) is 30.2 Å². The number of nitrogens with zero attached hydrogens (tertiary/aromatic N) is 6. The minimum absolute atomic E-state index is 0.0399. The highest BCUT2D eigenvalue weighted by molar-refractivity contribution is 5.88. The minimum Gasteiger partial charge on any atom is -0.475 e. The molecule has 0 spiro atoms. The third-order valence-corrected chi connectivity index (χ3v) is 8.19. The smallest absolute Gasteiger partial charge is 0.475 e. The van der Waals surface area contributed by atoms with Crippen LogP contribution in [0.1, 0.15) is 49.6 Å². The van der Waals surface area contributed by atoms with E-state index in [1.165, 1.54) is 20.1 Å². The number of benzene rings is 1. The highest BCUT2D eigenvalue weighted by Crippen LogP contribution is 2.30. The number of nitrogens with two attached hydrogens (primary N) is 1. The van der Waals surface area contributed by atoms with Gasteiger partial charge in [-0.05, 0) is 56.4 Å². The van der Waals surface area contributed by atoms with E-state index in [0.717, 1.165) is 61.8 Å². The molecule has 11 nitrogen and oxygen atoms in total. The van der Waals surface area contributed by atoms with Crippen molar-refractivity contribution in [2.45, 2.75) is 70.8 Å². The van der Waals surface area contributed by atoms with Crippen LogP contribution in [0.5, 0.6) is 0 Å². The van der Waals surface area contributed by atoms with Crippen molar-refractivity contribution in [3.05, 3.63) is 62.1 Å². The zero-order valence-electron chi connectivity index (χ0n) is 25.0. The molecule has 1 aliphatic heterocycles. The maximum Gasteiger partial charge on any atom is 0.490 e. The van der Waals surface area contributed by atoms with Gasteiger partial charge in [-0.15, -0.1) is 5.92 Å². The molecule has 238 valence electrons. The fourth-order valence-electron chi connectivity index (χ4n) is 6.03. The van der Waals surface area contributed by atoms with Gasteiger partial charge in [-0.3, -0.25) is 23.5 Å². The van der Waals surface area contributed by atoms with E-state index in [2.05, 4.69) is 22.8 Å². The molecule has 6 rings (SSSR count). The average molecular weight is 626 g/mol. The first-order valence-electron chi connectivity index (χ1n) is 14.7. The van der Waals surface area contributed by atoms with Crippen molar-refractivity contribution in [1.82, 2.24) is 23.7 Å². The first kappa shape index (κ1) is 31.8. The van der Waals surface area contributed by atoms with Gasteiger partial charge in [-0.25, -0.2) is 9.59 Å². The van der Waals surface area contributed by atoms with Crippen molar-refractivity contribution >= 4 is 33.9 Å². The van der Waals surface area contributed by atoms with Gasteiger partial charge in [0.15, 0.2) is 11.2 Å². The molecule has 1 aromatic carbocycles. The van der Waals surface area contributed by atoms with Crippen LogP contribution in [-0.2, 0) is 37.8 Å². The molecule has 1 aliphatic carbocycles. The summed E-state index contributed by atoms with van der Waals surface area (Å²) in [5.41, 5.74) is 9.37. The van der Waals surface area contributed by atoms with Crippen LogP contribution in [0.15, 0.2) is 33.9 Å². The zero-order valence-corrected chi connectivity index (χ0v) is 25.0. The highest BCUT2D eigenvalue weighted by atomic mass is 19.4. The van der Waals surface area contributed by atoms with Gasteiger partial charge in [-0.1, -0.05) is 30.2 Å². The Hall–Kier alpha value is -4.64. The summed E-state index contributed by atoms with van der Waals surface area (Å²) in [6.07, 6.45) is 1.01. The second-order valence-corrected chi connectivity index (χ2v) is 11.2. The number of anilines is 1. The van der Waals surface area contributed by atoms with Gasteiger partial charge in [-0.2, -0.15) is 18.2 Å². The van der Waals surface area contributed by atoms with E-state index in [1.54, 1.807) is 14.0 Å². The van der Waals surface area contributed by atoms with E-state index in [4.69, 9.17) is 25.6 Å². The number of imidazole rings is 1. The van der Waals surface area contributed by atoms with Gasteiger partial charge in [0.05, 0.1) is 18.8 Å². The molecule has 1 unspecified atom stereocenters. The third-order valence-electron chi connectivity index (χ3n) is 8.19. The van der Waals surface area contributed by atoms with Crippen LogP contribution < -0.4 is 21.9 Å². The number of aromatic nitrogens is 5. The Labute approximate surface area is 256 Å². The molecule has 0 saturated carbocycles. The molecule has 14 heteroatoms. The number of piperidine rings is 1. The Bertz CT molecular complexity index is 1950. The summed E-state index contributed by atoms with van der Waals surface area (Å²) < 4.78 is 36.4. The molecular formula is C31H34F3N7O4. The molecule has 4 heterocycles. The Kier molecular flexibility index (Phi) is 9.01. The number of aliphatic carboxylic acids is 1.